The molecule has 0 atom stereocenters. The molecule has 24 heavy (non-hydrogen) atoms. The number of urea groups is 1. The maximum atomic E-state index is 13.6. The first-order valence-corrected chi connectivity index (χ1v) is 7.65. The minimum absolute atomic E-state index is 0.251. The summed E-state index contributed by atoms with van der Waals surface area (Å²) < 4.78 is 32.4. The zero-order valence-electron chi connectivity index (χ0n) is 13.9. The summed E-state index contributed by atoms with van der Waals surface area (Å²) in [6, 6.07) is 2.75. The van der Waals surface area contributed by atoms with Crippen molar-refractivity contribution in [1.29, 1.82) is 0 Å². The van der Waals surface area contributed by atoms with Crippen molar-refractivity contribution in [3.8, 4) is 0 Å². The number of amides is 3. The Hall–Kier alpha value is -2.38. The molecule has 2 rings (SSSR count). The topological polar surface area (TPSA) is 61.9 Å². The van der Waals surface area contributed by atoms with Gasteiger partial charge in [-0.1, -0.05) is 6.07 Å². The lowest BCUT2D eigenvalue weighted by Gasteiger charge is -2.35. The number of benzene rings is 1. The van der Waals surface area contributed by atoms with Gasteiger partial charge in [0.25, 0.3) is 0 Å². The number of hydrogen-bond acceptors (Lipinski definition) is 3. The molecule has 1 N–H and O–H groups in total. The van der Waals surface area contributed by atoms with Crippen LogP contribution < -0.4 is 5.32 Å². The van der Waals surface area contributed by atoms with Crippen LogP contribution in [0, 0.1) is 11.6 Å². The highest BCUT2D eigenvalue weighted by Gasteiger charge is 2.28. The zero-order chi connectivity index (χ0) is 17.9. The van der Waals surface area contributed by atoms with Crippen LogP contribution in [0.5, 0.6) is 0 Å². The van der Waals surface area contributed by atoms with Crippen molar-refractivity contribution in [2.45, 2.75) is 26.4 Å². The van der Waals surface area contributed by atoms with Gasteiger partial charge in [-0.25, -0.2) is 18.4 Å². The molecule has 1 aromatic rings. The molecular weight excluding hydrogens is 320 g/mol. The van der Waals surface area contributed by atoms with Crippen LogP contribution in [0.4, 0.5) is 24.1 Å². The van der Waals surface area contributed by atoms with E-state index in [-0.39, 0.29) is 13.1 Å². The first-order valence-electron chi connectivity index (χ1n) is 7.65. The van der Waals surface area contributed by atoms with Crippen LogP contribution in [-0.4, -0.2) is 53.7 Å². The van der Waals surface area contributed by atoms with Gasteiger partial charge in [-0.05, 0) is 32.9 Å². The minimum atomic E-state index is -0.837. The summed E-state index contributed by atoms with van der Waals surface area (Å²) in [7, 11) is 0. The molecule has 3 amide bonds. The molecule has 1 heterocycles. The van der Waals surface area contributed by atoms with E-state index in [4.69, 9.17) is 4.74 Å². The second kappa shape index (κ2) is 7.02. The van der Waals surface area contributed by atoms with E-state index in [1.807, 2.05) is 0 Å². The molecule has 1 fully saturated rings. The molecule has 0 unspecified atom stereocenters. The molecule has 0 aromatic heterocycles. The van der Waals surface area contributed by atoms with Crippen LogP contribution >= 0.6 is 0 Å². The number of carbonyl (C=O) groups is 2. The summed E-state index contributed by atoms with van der Waals surface area (Å²) >= 11 is 0. The molecule has 0 aliphatic carbocycles. The fourth-order valence-corrected chi connectivity index (χ4v) is 2.22. The Balaban J connectivity index is 1.90. The Labute approximate surface area is 139 Å². The van der Waals surface area contributed by atoms with Gasteiger partial charge >= 0.3 is 12.1 Å². The molecule has 1 aromatic carbocycles. The van der Waals surface area contributed by atoms with E-state index >= 15 is 0 Å². The molecular formula is C16H21F2N3O3. The third kappa shape index (κ3) is 4.56. The van der Waals surface area contributed by atoms with Crippen molar-refractivity contribution >= 4 is 17.8 Å². The van der Waals surface area contributed by atoms with Crippen molar-refractivity contribution < 1.29 is 23.1 Å². The first-order chi connectivity index (χ1) is 11.2. The molecule has 1 saturated heterocycles. The van der Waals surface area contributed by atoms with Crippen LogP contribution in [0.15, 0.2) is 18.2 Å². The van der Waals surface area contributed by atoms with E-state index in [0.29, 0.717) is 13.1 Å². The van der Waals surface area contributed by atoms with E-state index in [1.165, 1.54) is 15.9 Å². The first kappa shape index (κ1) is 18.0. The number of ether oxygens (including phenoxy) is 1. The van der Waals surface area contributed by atoms with Crippen molar-refractivity contribution in [2.75, 3.05) is 31.5 Å². The number of para-hydroxylation sites is 1. The Kier molecular flexibility index (Phi) is 5.26. The minimum Gasteiger partial charge on any atom is -0.444 e. The van der Waals surface area contributed by atoms with Gasteiger partial charge in [0.15, 0.2) is 0 Å². The Morgan fingerprint density at radius 1 is 1.04 bits per heavy atom. The molecule has 1 aliphatic rings. The predicted molar refractivity (Wildman–Crippen MR) is 84.8 cm³/mol. The molecule has 132 valence electrons. The van der Waals surface area contributed by atoms with Crippen molar-refractivity contribution in [2.24, 2.45) is 0 Å². The largest absolute Gasteiger partial charge is 0.444 e. The highest BCUT2D eigenvalue weighted by Crippen LogP contribution is 2.19. The van der Waals surface area contributed by atoms with E-state index in [9.17, 15) is 18.4 Å². The standard InChI is InChI=1S/C16H21F2N3O3/c1-16(2,3)24-15(23)21-9-7-20(8-10-21)14(22)19-13-11(17)5-4-6-12(13)18/h4-6H,7-10H2,1-3H3,(H,19,22). The smallest absolute Gasteiger partial charge is 0.410 e. The lowest BCUT2D eigenvalue weighted by molar-refractivity contribution is 0.0174. The van der Waals surface area contributed by atoms with Crippen molar-refractivity contribution in [3.63, 3.8) is 0 Å². The second-order valence-corrected chi connectivity index (χ2v) is 6.48. The van der Waals surface area contributed by atoms with Gasteiger partial charge in [0, 0.05) is 26.2 Å². The number of carbonyl (C=O) groups excluding carboxylic acids is 2. The Morgan fingerprint density at radius 2 is 1.54 bits per heavy atom. The van der Waals surface area contributed by atoms with Gasteiger partial charge in [0.05, 0.1) is 0 Å². The van der Waals surface area contributed by atoms with Crippen LogP contribution in [0.25, 0.3) is 0 Å². The number of rotatable bonds is 1. The van der Waals surface area contributed by atoms with Gasteiger partial charge in [-0.2, -0.15) is 0 Å². The van der Waals surface area contributed by atoms with E-state index in [2.05, 4.69) is 5.32 Å². The van der Waals surface area contributed by atoms with Crippen LogP contribution in [0.2, 0.25) is 0 Å². The number of hydrogen-bond donors (Lipinski definition) is 1. The lowest BCUT2D eigenvalue weighted by Crippen LogP contribution is -2.52. The van der Waals surface area contributed by atoms with Gasteiger partial charge in [-0.3, -0.25) is 0 Å². The van der Waals surface area contributed by atoms with Gasteiger partial charge in [0.1, 0.15) is 22.9 Å². The number of halogens is 2. The van der Waals surface area contributed by atoms with Crippen LogP contribution in [0.1, 0.15) is 20.8 Å². The number of piperazine rings is 1. The Bertz CT molecular complexity index is 603. The summed E-state index contributed by atoms with van der Waals surface area (Å²) in [5.41, 5.74) is -1.06. The summed E-state index contributed by atoms with van der Waals surface area (Å²) in [5, 5.41) is 2.23. The maximum Gasteiger partial charge on any atom is 0.410 e. The highest BCUT2D eigenvalue weighted by atomic mass is 19.1. The molecule has 0 spiro atoms. The molecule has 1 aliphatic heterocycles. The quantitative estimate of drug-likeness (QED) is 0.854. The maximum absolute atomic E-state index is 13.6. The highest BCUT2D eigenvalue weighted by molar-refractivity contribution is 5.89. The summed E-state index contributed by atoms with van der Waals surface area (Å²) in [6.07, 6.45) is -0.442. The van der Waals surface area contributed by atoms with Crippen LogP contribution in [0.3, 0.4) is 0 Å². The molecule has 0 bridgehead atoms. The van der Waals surface area contributed by atoms with E-state index in [0.717, 1.165) is 12.1 Å². The molecule has 6 nitrogen and oxygen atoms in total. The average Bonchev–Trinajstić information content (AvgIpc) is 2.49. The normalized spacial score (nSPS) is 15.2. The lowest BCUT2D eigenvalue weighted by atomic mass is 10.2. The summed E-state index contributed by atoms with van der Waals surface area (Å²) in [5.74, 6) is -1.67. The third-order valence-corrected chi connectivity index (χ3v) is 3.41. The zero-order valence-corrected chi connectivity index (χ0v) is 13.9. The van der Waals surface area contributed by atoms with Gasteiger partial charge in [0.2, 0.25) is 0 Å². The van der Waals surface area contributed by atoms with E-state index < -0.39 is 35.0 Å². The SMILES string of the molecule is CC(C)(C)OC(=O)N1CCN(C(=O)Nc2c(F)cccc2F)CC1. The average molecular weight is 341 g/mol. The third-order valence-electron chi connectivity index (χ3n) is 3.41. The van der Waals surface area contributed by atoms with E-state index in [1.54, 1.807) is 20.8 Å². The predicted octanol–water partition coefficient (Wildman–Crippen LogP) is 3.05. The molecule has 0 saturated carbocycles. The fraction of sp³-hybridized carbons (Fsp3) is 0.500. The summed E-state index contributed by atoms with van der Waals surface area (Å²) in [4.78, 5) is 27.0. The second-order valence-electron chi connectivity index (χ2n) is 6.48. The van der Waals surface area contributed by atoms with Crippen molar-refractivity contribution in [3.05, 3.63) is 29.8 Å². The Morgan fingerprint density at radius 3 is 2.04 bits per heavy atom. The van der Waals surface area contributed by atoms with Crippen LogP contribution in [-0.2, 0) is 4.74 Å². The molecule has 8 heteroatoms. The number of nitrogens with zero attached hydrogens (tertiary/aromatic N) is 2. The number of anilines is 1. The summed E-state index contributed by atoms with van der Waals surface area (Å²) in [6.45, 7) is 6.42. The van der Waals surface area contributed by atoms with Crippen molar-refractivity contribution in [1.82, 2.24) is 9.80 Å². The number of nitrogens with one attached hydrogen (secondary N) is 1. The van der Waals surface area contributed by atoms with Gasteiger partial charge in [-0.15, -0.1) is 0 Å². The monoisotopic (exact) mass is 341 g/mol. The fourth-order valence-electron chi connectivity index (χ4n) is 2.22. The van der Waals surface area contributed by atoms with Gasteiger partial charge < -0.3 is 19.9 Å². The molecule has 0 radical (unpaired) electrons.